The SMILES string of the molecule is Cc1cc(C)cc(NC(=O)C[n+]2c[nH]c3c2c(=O)n(C)c(=O)n3C)c1. The number of nitrogens with zero attached hydrogens (tertiary/aromatic N) is 3. The second kappa shape index (κ2) is 6.04. The van der Waals surface area contributed by atoms with E-state index >= 15 is 0 Å². The van der Waals surface area contributed by atoms with E-state index in [1.165, 1.54) is 22.5 Å². The maximum absolute atomic E-state index is 12.4. The molecule has 0 saturated carbocycles. The molecule has 2 aromatic heterocycles. The van der Waals surface area contributed by atoms with Crippen molar-refractivity contribution in [1.82, 2.24) is 14.1 Å². The summed E-state index contributed by atoms with van der Waals surface area (Å²) in [5.74, 6) is -0.258. The number of imidazole rings is 1. The number of rotatable bonds is 3. The van der Waals surface area contributed by atoms with Gasteiger partial charge in [0.2, 0.25) is 6.33 Å². The third kappa shape index (κ3) is 2.98. The van der Waals surface area contributed by atoms with Crippen LogP contribution in [-0.2, 0) is 25.4 Å². The van der Waals surface area contributed by atoms with Gasteiger partial charge in [0.1, 0.15) is 0 Å². The van der Waals surface area contributed by atoms with E-state index in [2.05, 4.69) is 10.3 Å². The number of aromatic amines is 1. The molecule has 0 radical (unpaired) electrons. The van der Waals surface area contributed by atoms with Crippen molar-refractivity contribution in [3.63, 3.8) is 0 Å². The van der Waals surface area contributed by atoms with Crippen LogP contribution >= 0.6 is 0 Å². The van der Waals surface area contributed by atoms with Crippen LogP contribution in [0.15, 0.2) is 34.1 Å². The molecule has 130 valence electrons. The zero-order valence-electron chi connectivity index (χ0n) is 14.6. The van der Waals surface area contributed by atoms with Crippen molar-refractivity contribution in [2.75, 3.05) is 5.32 Å². The molecule has 0 fully saturated rings. The molecule has 2 N–H and O–H groups in total. The lowest BCUT2D eigenvalue weighted by atomic mass is 10.1. The van der Waals surface area contributed by atoms with Gasteiger partial charge in [-0.15, -0.1) is 0 Å². The summed E-state index contributed by atoms with van der Waals surface area (Å²) in [5, 5.41) is 2.84. The summed E-state index contributed by atoms with van der Waals surface area (Å²) in [7, 11) is 2.98. The third-order valence-electron chi connectivity index (χ3n) is 4.10. The number of nitrogens with one attached hydrogen (secondary N) is 2. The summed E-state index contributed by atoms with van der Waals surface area (Å²) in [6.45, 7) is 3.88. The van der Waals surface area contributed by atoms with Gasteiger partial charge in [0.25, 0.3) is 17.1 Å². The van der Waals surface area contributed by atoms with Crippen LogP contribution in [0, 0.1) is 13.8 Å². The van der Waals surface area contributed by atoms with Gasteiger partial charge in [0, 0.05) is 19.8 Å². The predicted octanol–water partition coefficient (Wildman–Crippen LogP) is 0.108. The van der Waals surface area contributed by atoms with Crippen LogP contribution < -0.4 is 21.1 Å². The fraction of sp³-hybridized carbons (Fsp3) is 0.294. The number of hydrogen-bond donors (Lipinski definition) is 2. The average Bonchev–Trinajstić information content (AvgIpc) is 2.93. The maximum Gasteiger partial charge on any atom is 0.333 e. The molecule has 3 rings (SSSR count). The Morgan fingerprint density at radius 3 is 2.40 bits per heavy atom. The van der Waals surface area contributed by atoms with E-state index in [9.17, 15) is 14.4 Å². The van der Waals surface area contributed by atoms with Crippen LogP contribution in [0.5, 0.6) is 0 Å². The van der Waals surface area contributed by atoms with Crippen LogP contribution in [0.2, 0.25) is 0 Å². The predicted molar refractivity (Wildman–Crippen MR) is 93.5 cm³/mol. The molecule has 0 atom stereocenters. The number of fused-ring (bicyclic) bond motifs is 1. The average molecular weight is 342 g/mol. The highest BCUT2D eigenvalue weighted by Gasteiger charge is 2.21. The van der Waals surface area contributed by atoms with Crippen LogP contribution in [0.1, 0.15) is 11.1 Å². The zero-order valence-corrected chi connectivity index (χ0v) is 14.6. The van der Waals surface area contributed by atoms with E-state index in [0.717, 1.165) is 15.7 Å². The van der Waals surface area contributed by atoms with Crippen LogP contribution in [0.25, 0.3) is 11.2 Å². The molecule has 0 spiro atoms. The minimum Gasteiger partial charge on any atom is -0.323 e. The van der Waals surface area contributed by atoms with Gasteiger partial charge in [0.05, 0.1) is 0 Å². The summed E-state index contributed by atoms with van der Waals surface area (Å²) >= 11 is 0. The molecule has 0 aliphatic heterocycles. The quantitative estimate of drug-likeness (QED) is 0.662. The van der Waals surface area contributed by atoms with Crippen molar-refractivity contribution in [1.29, 1.82) is 0 Å². The highest BCUT2D eigenvalue weighted by atomic mass is 16.2. The fourth-order valence-electron chi connectivity index (χ4n) is 2.98. The Labute approximate surface area is 143 Å². The van der Waals surface area contributed by atoms with Crippen molar-refractivity contribution < 1.29 is 9.36 Å². The smallest absolute Gasteiger partial charge is 0.323 e. The van der Waals surface area contributed by atoms with E-state index in [1.807, 2.05) is 32.0 Å². The van der Waals surface area contributed by atoms with E-state index < -0.39 is 11.2 Å². The minimum atomic E-state index is -0.446. The molecule has 0 aliphatic carbocycles. The highest BCUT2D eigenvalue weighted by molar-refractivity contribution is 5.90. The van der Waals surface area contributed by atoms with Gasteiger partial charge in [-0.3, -0.25) is 18.7 Å². The first-order valence-corrected chi connectivity index (χ1v) is 7.82. The number of amides is 1. The standard InChI is InChI=1S/C17H19N5O3/c1-10-5-11(2)7-12(6-10)19-13(23)8-22-9-18-15-14(22)16(24)21(4)17(25)20(15)3/h5-7,9H,8H2,1-4H3,(H,19,23)/p+1. The zero-order chi connectivity index (χ0) is 18.3. The highest BCUT2D eigenvalue weighted by Crippen LogP contribution is 2.13. The lowest BCUT2D eigenvalue weighted by Crippen LogP contribution is -2.46. The summed E-state index contributed by atoms with van der Waals surface area (Å²) in [4.78, 5) is 39.6. The Bertz CT molecular complexity index is 1080. The number of anilines is 1. The van der Waals surface area contributed by atoms with E-state index in [-0.39, 0.29) is 18.0 Å². The fourth-order valence-corrected chi connectivity index (χ4v) is 2.98. The van der Waals surface area contributed by atoms with Gasteiger partial charge < -0.3 is 5.32 Å². The van der Waals surface area contributed by atoms with Crippen LogP contribution in [0.4, 0.5) is 5.69 Å². The summed E-state index contributed by atoms with van der Waals surface area (Å²) in [6, 6.07) is 5.79. The van der Waals surface area contributed by atoms with E-state index in [0.29, 0.717) is 11.3 Å². The molecule has 0 bridgehead atoms. The molecule has 1 aromatic carbocycles. The molecule has 3 aromatic rings. The second-order valence-electron chi connectivity index (χ2n) is 6.23. The van der Waals surface area contributed by atoms with E-state index in [4.69, 9.17) is 0 Å². The Balaban J connectivity index is 1.94. The van der Waals surface area contributed by atoms with Gasteiger partial charge in [-0.1, -0.05) is 6.07 Å². The van der Waals surface area contributed by atoms with Crippen molar-refractivity contribution in [3.05, 3.63) is 56.5 Å². The summed E-state index contributed by atoms with van der Waals surface area (Å²) in [5.41, 5.74) is 2.61. The first-order valence-electron chi connectivity index (χ1n) is 7.82. The van der Waals surface area contributed by atoms with Gasteiger partial charge in [-0.2, -0.15) is 0 Å². The largest absolute Gasteiger partial charge is 0.333 e. The third-order valence-corrected chi connectivity index (χ3v) is 4.10. The summed E-state index contributed by atoms with van der Waals surface area (Å²) in [6.07, 6.45) is 1.52. The van der Waals surface area contributed by atoms with Crippen LogP contribution in [-0.4, -0.2) is 20.0 Å². The molecular weight excluding hydrogens is 322 g/mol. The van der Waals surface area contributed by atoms with Gasteiger partial charge in [-0.25, -0.2) is 14.3 Å². The number of carbonyl (C=O) groups excluding carboxylic acids is 1. The van der Waals surface area contributed by atoms with Crippen molar-refractivity contribution in [3.8, 4) is 0 Å². The number of hydrogen-bond acceptors (Lipinski definition) is 3. The second-order valence-corrected chi connectivity index (χ2v) is 6.23. The molecule has 8 nitrogen and oxygen atoms in total. The Hall–Kier alpha value is -3.16. The van der Waals surface area contributed by atoms with Crippen molar-refractivity contribution >= 4 is 22.8 Å². The topological polar surface area (TPSA) is 92.8 Å². The van der Waals surface area contributed by atoms with Crippen molar-refractivity contribution in [2.24, 2.45) is 14.1 Å². The number of carbonyl (C=O) groups is 1. The van der Waals surface area contributed by atoms with Crippen LogP contribution in [0.3, 0.4) is 0 Å². The Kier molecular flexibility index (Phi) is 4.03. The first kappa shape index (κ1) is 16.7. The van der Waals surface area contributed by atoms with E-state index in [1.54, 1.807) is 7.05 Å². The minimum absolute atomic E-state index is 0.0412. The number of aryl methyl sites for hydroxylation is 3. The van der Waals surface area contributed by atoms with Gasteiger partial charge in [-0.05, 0) is 37.1 Å². The number of H-pyrrole nitrogens is 1. The summed E-state index contributed by atoms with van der Waals surface area (Å²) < 4.78 is 3.87. The number of benzene rings is 1. The molecule has 0 aliphatic rings. The normalized spacial score (nSPS) is 11.0. The molecule has 0 unspecified atom stereocenters. The van der Waals surface area contributed by atoms with Crippen molar-refractivity contribution in [2.45, 2.75) is 20.4 Å². The Morgan fingerprint density at radius 1 is 1.12 bits per heavy atom. The van der Waals surface area contributed by atoms with Gasteiger partial charge in [0.15, 0.2) is 6.54 Å². The Morgan fingerprint density at radius 2 is 1.76 bits per heavy atom. The molecule has 0 saturated heterocycles. The lowest BCUT2D eigenvalue weighted by Gasteiger charge is -2.07. The molecule has 2 heterocycles. The van der Waals surface area contributed by atoms with Gasteiger partial charge >= 0.3 is 11.2 Å². The number of aromatic nitrogens is 4. The molecule has 25 heavy (non-hydrogen) atoms. The molecule has 8 heteroatoms. The molecular formula is C17H20N5O3+. The monoisotopic (exact) mass is 342 g/mol. The molecule has 1 amide bonds. The maximum atomic E-state index is 12.4. The first-order chi connectivity index (χ1) is 11.8. The lowest BCUT2D eigenvalue weighted by molar-refractivity contribution is -0.658.